The van der Waals surface area contributed by atoms with Gasteiger partial charge in [-0.1, -0.05) is 0 Å². The van der Waals surface area contributed by atoms with E-state index in [1.165, 1.54) is 12.8 Å². The van der Waals surface area contributed by atoms with E-state index in [1.807, 2.05) is 12.3 Å². The number of carboxylic acids is 2. The number of hydrogen-bond acceptors (Lipinski definition) is 6. The summed E-state index contributed by atoms with van der Waals surface area (Å²) in [7, 11) is 0. The molecule has 4 aliphatic carbocycles. The van der Waals surface area contributed by atoms with Crippen molar-refractivity contribution in [3.63, 3.8) is 0 Å². The van der Waals surface area contributed by atoms with Crippen molar-refractivity contribution in [3.8, 4) is 0 Å². The number of nitrogens with one attached hydrogen (secondary N) is 2. The molecule has 0 spiro atoms. The molecule has 4 bridgehead atoms. The summed E-state index contributed by atoms with van der Waals surface area (Å²) in [5.74, 6) is -1.03. The summed E-state index contributed by atoms with van der Waals surface area (Å²) >= 11 is 0. The smallest absolute Gasteiger partial charge is 0.303 e. The summed E-state index contributed by atoms with van der Waals surface area (Å²) in [6, 6.07) is 2.22. The van der Waals surface area contributed by atoms with E-state index in [9.17, 15) is 19.5 Å². The van der Waals surface area contributed by atoms with E-state index >= 15 is 0 Å². The topological polar surface area (TPSA) is 179 Å². The van der Waals surface area contributed by atoms with E-state index in [0.29, 0.717) is 29.4 Å². The highest BCUT2D eigenvalue weighted by Gasteiger charge is 2.54. The summed E-state index contributed by atoms with van der Waals surface area (Å²) in [5, 5.41) is 31.1. The van der Waals surface area contributed by atoms with Gasteiger partial charge in [-0.25, -0.2) is 4.98 Å². The molecule has 0 saturated heterocycles. The Balaban J connectivity index is 0.000000265. The largest absolute Gasteiger partial charge is 0.481 e. The molecule has 4 saturated carbocycles. The number of aliphatic carboxylic acids is 2. The van der Waals surface area contributed by atoms with Gasteiger partial charge in [0.05, 0.1) is 29.7 Å². The lowest BCUT2D eigenvalue weighted by Crippen LogP contribution is -2.59. The number of carboxylic acid groups (broad SMARTS) is 2. The third-order valence-electron chi connectivity index (χ3n) is 6.96. The molecule has 2 aromatic rings. The van der Waals surface area contributed by atoms with Crippen LogP contribution in [0.25, 0.3) is 11.0 Å². The van der Waals surface area contributed by atoms with Crippen LogP contribution in [0.5, 0.6) is 0 Å². The second-order valence-corrected chi connectivity index (χ2v) is 9.30. The van der Waals surface area contributed by atoms with E-state index in [0.717, 1.165) is 36.0 Å². The van der Waals surface area contributed by atoms with Crippen molar-refractivity contribution >= 4 is 34.6 Å². The highest BCUT2D eigenvalue weighted by Crippen LogP contribution is 2.56. The number of H-pyrrole nitrogens is 1. The molecule has 7 N–H and O–H groups in total. The fourth-order valence-electron chi connectivity index (χ4n) is 5.95. The van der Waals surface area contributed by atoms with Gasteiger partial charge in [-0.2, -0.15) is 0 Å². The van der Waals surface area contributed by atoms with Crippen LogP contribution in [0, 0.1) is 17.8 Å². The number of aromatic nitrogens is 2. The minimum absolute atomic E-state index is 0.292. The standard InChI is InChI=1S/C18H22N4O2.C4H6O4/c19-16(23)13-8-21-17-12(1-2-20-17)15(13)22-14-10-3-9-4-11(14)7-18(24,5-9)6-10;5-3(6)1-2-4(7)8/h1-2,8-11,14,24H,3-7H2,(H2,19,23)(H2,20,21,22);1-2H2,(H,5,6)(H,7,8)/t9?,10-,11-,14?,18?;/m0./s1. The zero-order valence-corrected chi connectivity index (χ0v) is 17.6. The van der Waals surface area contributed by atoms with E-state index in [2.05, 4.69) is 15.3 Å². The lowest BCUT2D eigenvalue weighted by molar-refractivity contribution is -0.143. The Labute approximate surface area is 184 Å². The van der Waals surface area contributed by atoms with Crippen LogP contribution in [0.15, 0.2) is 18.5 Å². The normalized spacial score (nSPS) is 29.9. The molecular formula is C22H28N4O6. The Morgan fingerprint density at radius 1 is 1.12 bits per heavy atom. The molecule has 32 heavy (non-hydrogen) atoms. The maximum Gasteiger partial charge on any atom is 0.303 e. The minimum atomic E-state index is -1.08. The second-order valence-electron chi connectivity index (χ2n) is 9.30. The Bertz CT molecular complexity index is 1020. The quantitative estimate of drug-likeness (QED) is 0.391. The molecule has 6 rings (SSSR count). The molecule has 4 aliphatic rings. The fourth-order valence-corrected chi connectivity index (χ4v) is 5.95. The summed E-state index contributed by atoms with van der Waals surface area (Å²) in [6.45, 7) is 0. The minimum Gasteiger partial charge on any atom is -0.481 e. The Kier molecular flexibility index (Phi) is 5.81. The Morgan fingerprint density at radius 3 is 2.28 bits per heavy atom. The molecule has 0 unspecified atom stereocenters. The van der Waals surface area contributed by atoms with Crippen LogP contribution in [0.2, 0.25) is 0 Å². The predicted octanol–water partition coefficient (Wildman–Crippen LogP) is 1.95. The number of aromatic amines is 1. The van der Waals surface area contributed by atoms with Crippen molar-refractivity contribution in [2.45, 2.75) is 56.6 Å². The Morgan fingerprint density at radius 2 is 1.75 bits per heavy atom. The van der Waals surface area contributed by atoms with Gasteiger partial charge in [0.15, 0.2) is 0 Å². The molecule has 172 valence electrons. The number of carbonyl (C=O) groups is 3. The first-order chi connectivity index (χ1) is 15.1. The van der Waals surface area contributed by atoms with E-state index in [4.69, 9.17) is 15.9 Å². The van der Waals surface area contributed by atoms with Crippen LogP contribution in [0.4, 0.5) is 5.69 Å². The molecule has 2 atom stereocenters. The molecule has 10 nitrogen and oxygen atoms in total. The molecular weight excluding hydrogens is 416 g/mol. The summed E-state index contributed by atoms with van der Waals surface area (Å²) in [4.78, 5) is 38.5. The molecule has 0 radical (unpaired) electrons. The highest BCUT2D eigenvalue weighted by atomic mass is 16.4. The molecule has 1 amide bonds. The number of rotatable bonds is 6. The van der Waals surface area contributed by atoms with Crippen molar-refractivity contribution in [2.75, 3.05) is 5.32 Å². The summed E-state index contributed by atoms with van der Waals surface area (Å²) < 4.78 is 0. The average molecular weight is 444 g/mol. The van der Waals surface area contributed by atoms with Gasteiger partial charge in [-0.15, -0.1) is 0 Å². The molecule has 2 heterocycles. The van der Waals surface area contributed by atoms with Crippen LogP contribution >= 0.6 is 0 Å². The lowest BCUT2D eigenvalue weighted by atomic mass is 9.52. The van der Waals surface area contributed by atoms with Crippen LogP contribution in [-0.2, 0) is 9.59 Å². The second kappa shape index (κ2) is 8.42. The van der Waals surface area contributed by atoms with Crippen LogP contribution in [0.1, 0.15) is 55.3 Å². The number of pyridine rings is 1. The van der Waals surface area contributed by atoms with E-state index in [1.54, 1.807) is 6.20 Å². The van der Waals surface area contributed by atoms with Gasteiger partial charge >= 0.3 is 11.9 Å². The number of nitrogens with zero attached hydrogens (tertiary/aromatic N) is 1. The predicted molar refractivity (Wildman–Crippen MR) is 115 cm³/mol. The Hall–Kier alpha value is -3.14. The summed E-state index contributed by atoms with van der Waals surface area (Å²) in [6.07, 6.45) is 7.82. The number of primary amides is 1. The van der Waals surface area contributed by atoms with Gasteiger partial charge in [0.1, 0.15) is 5.65 Å². The zero-order chi connectivity index (χ0) is 23.0. The monoisotopic (exact) mass is 444 g/mol. The van der Waals surface area contributed by atoms with Crippen LogP contribution in [0.3, 0.4) is 0 Å². The van der Waals surface area contributed by atoms with E-state index in [-0.39, 0.29) is 12.8 Å². The number of carbonyl (C=O) groups excluding carboxylic acids is 1. The number of fused-ring (bicyclic) bond motifs is 1. The van der Waals surface area contributed by atoms with Crippen molar-refractivity contribution in [1.29, 1.82) is 0 Å². The van der Waals surface area contributed by atoms with Gasteiger partial charge in [0.2, 0.25) is 0 Å². The first-order valence-electron chi connectivity index (χ1n) is 10.8. The lowest BCUT2D eigenvalue weighted by Gasteiger charge is -2.58. The van der Waals surface area contributed by atoms with Gasteiger partial charge in [-0.3, -0.25) is 14.4 Å². The SMILES string of the molecule is NC(=O)c1cnc2[nH]ccc2c1NC1[C@H]2CC3C[C@H]1CC(O)(C3)C2.O=C(O)CCC(=O)O. The van der Waals surface area contributed by atoms with E-state index < -0.39 is 23.4 Å². The van der Waals surface area contributed by atoms with Crippen molar-refractivity contribution < 1.29 is 29.7 Å². The van der Waals surface area contributed by atoms with Crippen molar-refractivity contribution in [3.05, 3.63) is 24.0 Å². The number of anilines is 1. The number of nitrogens with two attached hydrogens (primary N) is 1. The van der Waals surface area contributed by atoms with Gasteiger partial charge in [0, 0.05) is 23.8 Å². The first-order valence-corrected chi connectivity index (χ1v) is 10.8. The van der Waals surface area contributed by atoms with Crippen LogP contribution in [-0.4, -0.2) is 54.8 Å². The maximum atomic E-state index is 11.9. The summed E-state index contributed by atoms with van der Waals surface area (Å²) in [5.41, 5.74) is 7.10. The number of aliphatic hydroxyl groups is 1. The maximum absolute atomic E-state index is 11.9. The fraction of sp³-hybridized carbons (Fsp3) is 0.545. The zero-order valence-electron chi connectivity index (χ0n) is 17.6. The van der Waals surface area contributed by atoms with Gasteiger partial charge in [-0.05, 0) is 55.9 Å². The number of hydrogen-bond donors (Lipinski definition) is 6. The molecule has 4 fully saturated rings. The third kappa shape index (κ3) is 4.40. The van der Waals surface area contributed by atoms with Gasteiger partial charge < -0.3 is 31.4 Å². The first kappa shape index (κ1) is 22.1. The average Bonchev–Trinajstić information content (AvgIpc) is 3.17. The highest BCUT2D eigenvalue weighted by molar-refractivity contribution is 6.06. The molecule has 2 aromatic heterocycles. The van der Waals surface area contributed by atoms with Crippen LogP contribution < -0.4 is 11.1 Å². The molecule has 0 aliphatic heterocycles. The third-order valence-corrected chi connectivity index (χ3v) is 6.96. The number of amides is 1. The van der Waals surface area contributed by atoms with Crippen molar-refractivity contribution in [1.82, 2.24) is 9.97 Å². The van der Waals surface area contributed by atoms with Gasteiger partial charge in [0.25, 0.3) is 5.91 Å². The molecule has 10 heteroatoms. The van der Waals surface area contributed by atoms with Crippen molar-refractivity contribution in [2.24, 2.45) is 23.5 Å². The molecule has 0 aromatic carbocycles.